The normalized spacial score (nSPS) is 19.5. The second-order valence-electron chi connectivity index (χ2n) is 9.91. The van der Waals surface area contributed by atoms with E-state index >= 15 is 0 Å². The first-order valence-corrected chi connectivity index (χ1v) is 11.6. The molecule has 1 aromatic carbocycles. The van der Waals surface area contributed by atoms with E-state index in [4.69, 9.17) is 4.74 Å². The van der Waals surface area contributed by atoms with E-state index in [2.05, 4.69) is 14.9 Å². The van der Waals surface area contributed by atoms with Gasteiger partial charge in [-0.2, -0.15) is 0 Å². The lowest BCUT2D eigenvalue weighted by atomic mass is 10.1. The molecule has 1 unspecified atom stereocenters. The number of nitrogens with zero attached hydrogens (tertiary/aromatic N) is 1. The first kappa shape index (κ1) is 24.6. The van der Waals surface area contributed by atoms with Crippen molar-refractivity contribution >= 4 is 22.8 Å². The topological polar surface area (TPSA) is 70.7 Å². The van der Waals surface area contributed by atoms with E-state index in [9.17, 15) is 13.4 Å². The van der Waals surface area contributed by atoms with Crippen molar-refractivity contribution in [2.24, 2.45) is 5.92 Å². The molecule has 1 fully saturated rings. The summed E-state index contributed by atoms with van der Waals surface area (Å²) in [7, 11) is -1.26. The lowest BCUT2D eigenvalue weighted by molar-refractivity contribution is 0.0520. The third-order valence-electron chi connectivity index (χ3n) is 4.86. The first-order chi connectivity index (χ1) is 13.8. The number of carbonyl (C=O) groups is 1. The molecule has 1 heterocycles. The number of benzene rings is 1. The van der Waals surface area contributed by atoms with Gasteiger partial charge in [0.2, 0.25) is 0 Å². The van der Waals surface area contributed by atoms with Gasteiger partial charge in [0, 0.05) is 31.4 Å². The quantitative estimate of drug-likeness (QED) is 0.691. The van der Waals surface area contributed by atoms with Crippen LogP contribution in [0, 0.1) is 11.7 Å². The standard InChI is InChI=1S/C22H36FN3O3S/c1-15(25-30(28)22(5,6)7)18-12-17(23)8-9-19(18)26-11-10-16(14-26)13-24-20(27)29-21(2,3)4/h8-9,12,15-16,25H,10-11,13-14H2,1-7H3,(H,24,27)/t15?,16-,30+/m0/s1. The van der Waals surface area contributed by atoms with Crippen molar-refractivity contribution in [1.29, 1.82) is 0 Å². The molecule has 0 spiro atoms. The maximum atomic E-state index is 14.0. The van der Waals surface area contributed by atoms with Crippen LogP contribution in [0.25, 0.3) is 0 Å². The Morgan fingerprint density at radius 2 is 1.97 bits per heavy atom. The summed E-state index contributed by atoms with van der Waals surface area (Å²) in [6.45, 7) is 15.2. The summed E-state index contributed by atoms with van der Waals surface area (Å²) < 4.78 is 34.5. The zero-order valence-electron chi connectivity index (χ0n) is 19.2. The maximum Gasteiger partial charge on any atom is 0.407 e. The smallest absolute Gasteiger partial charge is 0.407 e. The summed E-state index contributed by atoms with van der Waals surface area (Å²) in [6.07, 6.45) is 0.508. The van der Waals surface area contributed by atoms with Crippen molar-refractivity contribution in [3.63, 3.8) is 0 Å². The zero-order valence-corrected chi connectivity index (χ0v) is 20.0. The van der Waals surface area contributed by atoms with Crippen LogP contribution in [0.1, 0.15) is 66.5 Å². The van der Waals surface area contributed by atoms with Crippen LogP contribution in [0.4, 0.5) is 14.9 Å². The highest BCUT2D eigenvalue weighted by molar-refractivity contribution is 7.84. The Morgan fingerprint density at radius 1 is 1.30 bits per heavy atom. The number of nitrogens with one attached hydrogen (secondary N) is 2. The van der Waals surface area contributed by atoms with Crippen molar-refractivity contribution < 1.29 is 18.1 Å². The minimum Gasteiger partial charge on any atom is -0.444 e. The molecular formula is C22H36FN3O3S. The van der Waals surface area contributed by atoms with Gasteiger partial charge in [0.15, 0.2) is 0 Å². The molecule has 0 radical (unpaired) electrons. The van der Waals surface area contributed by atoms with Crippen LogP contribution in [0.2, 0.25) is 0 Å². The highest BCUT2D eigenvalue weighted by Gasteiger charge is 2.28. The highest BCUT2D eigenvalue weighted by atomic mass is 32.2. The molecule has 0 saturated carbocycles. The number of alkyl carbamates (subject to hydrolysis) is 1. The molecule has 1 aliphatic heterocycles. The molecule has 30 heavy (non-hydrogen) atoms. The van der Waals surface area contributed by atoms with Crippen LogP contribution in [-0.4, -0.2) is 40.3 Å². The minimum atomic E-state index is -1.26. The fourth-order valence-electron chi connectivity index (χ4n) is 3.32. The molecule has 1 aromatic rings. The predicted molar refractivity (Wildman–Crippen MR) is 120 cm³/mol. The highest BCUT2D eigenvalue weighted by Crippen LogP contribution is 2.32. The molecule has 170 valence electrons. The van der Waals surface area contributed by atoms with Gasteiger partial charge in [-0.05, 0) is 84.6 Å². The minimum absolute atomic E-state index is 0.269. The average molecular weight is 442 g/mol. The number of carbonyl (C=O) groups excluding carboxylic acids is 1. The second-order valence-corrected chi connectivity index (χ2v) is 11.9. The molecule has 2 rings (SSSR count). The fourth-order valence-corrected chi connectivity index (χ4v) is 4.12. The van der Waals surface area contributed by atoms with Crippen LogP contribution >= 0.6 is 0 Å². The van der Waals surface area contributed by atoms with Crippen molar-refractivity contribution in [1.82, 2.24) is 10.0 Å². The van der Waals surface area contributed by atoms with Crippen LogP contribution in [-0.2, 0) is 15.7 Å². The third-order valence-corrected chi connectivity index (χ3v) is 6.54. The van der Waals surface area contributed by atoms with Crippen molar-refractivity contribution in [2.45, 2.75) is 71.3 Å². The van der Waals surface area contributed by atoms with E-state index < -0.39 is 27.4 Å². The van der Waals surface area contributed by atoms with Crippen LogP contribution < -0.4 is 14.9 Å². The van der Waals surface area contributed by atoms with Crippen LogP contribution in [0.15, 0.2) is 18.2 Å². The number of rotatable bonds is 6. The number of anilines is 1. The van der Waals surface area contributed by atoms with Gasteiger partial charge in [-0.25, -0.2) is 18.1 Å². The molecule has 1 amide bonds. The van der Waals surface area contributed by atoms with Crippen LogP contribution in [0.3, 0.4) is 0 Å². The molecule has 1 saturated heterocycles. The van der Waals surface area contributed by atoms with E-state index in [1.165, 1.54) is 12.1 Å². The third kappa shape index (κ3) is 7.23. The summed E-state index contributed by atoms with van der Waals surface area (Å²) in [5.74, 6) is -0.0336. The molecule has 0 bridgehead atoms. The van der Waals surface area contributed by atoms with Gasteiger partial charge < -0.3 is 15.0 Å². The summed E-state index contributed by atoms with van der Waals surface area (Å²) in [5.41, 5.74) is 1.20. The molecular weight excluding hydrogens is 405 g/mol. The predicted octanol–water partition coefficient (Wildman–Crippen LogP) is 4.29. The Labute approximate surface area is 182 Å². The number of hydrogen-bond acceptors (Lipinski definition) is 4. The molecule has 1 aliphatic rings. The Balaban J connectivity index is 2.04. The van der Waals surface area contributed by atoms with Gasteiger partial charge in [0.25, 0.3) is 0 Å². The molecule has 6 nitrogen and oxygen atoms in total. The Hall–Kier alpha value is -1.67. The molecule has 0 aromatic heterocycles. The Morgan fingerprint density at radius 3 is 2.57 bits per heavy atom. The number of hydrogen-bond donors (Lipinski definition) is 2. The number of ether oxygens (including phenoxy) is 1. The van der Waals surface area contributed by atoms with Gasteiger partial charge in [0.1, 0.15) is 11.4 Å². The Kier molecular flexibility index (Phi) is 7.91. The van der Waals surface area contributed by atoms with Crippen LogP contribution in [0.5, 0.6) is 0 Å². The summed E-state index contributed by atoms with van der Waals surface area (Å²) in [5, 5.41) is 2.84. The molecule has 8 heteroatoms. The van der Waals surface area contributed by atoms with Gasteiger partial charge in [-0.1, -0.05) is 0 Å². The summed E-state index contributed by atoms with van der Waals surface area (Å²) >= 11 is 0. The average Bonchev–Trinajstić information content (AvgIpc) is 3.06. The number of halogens is 1. The fraction of sp³-hybridized carbons (Fsp3) is 0.682. The lowest BCUT2D eigenvalue weighted by Gasteiger charge is -2.27. The van der Waals surface area contributed by atoms with E-state index in [0.717, 1.165) is 30.8 Å². The Bertz CT molecular complexity index is 774. The van der Waals surface area contributed by atoms with Gasteiger partial charge in [0.05, 0.1) is 15.7 Å². The summed E-state index contributed by atoms with van der Waals surface area (Å²) in [6, 6.07) is 4.49. The SMILES string of the molecule is CC(N[S@](=O)C(C)(C)C)c1cc(F)ccc1N1CC[C@@H](CNC(=O)OC(C)(C)C)C1. The van der Waals surface area contributed by atoms with E-state index in [-0.39, 0.29) is 17.8 Å². The van der Waals surface area contributed by atoms with Gasteiger partial charge in [-0.15, -0.1) is 0 Å². The van der Waals surface area contributed by atoms with Gasteiger partial charge in [-0.3, -0.25) is 0 Å². The van der Waals surface area contributed by atoms with E-state index in [1.54, 1.807) is 6.07 Å². The molecule has 0 aliphatic carbocycles. The second kappa shape index (κ2) is 9.64. The summed E-state index contributed by atoms with van der Waals surface area (Å²) in [4.78, 5) is 14.1. The van der Waals surface area contributed by atoms with Gasteiger partial charge >= 0.3 is 6.09 Å². The van der Waals surface area contributed by atoms with Crippen molar-refractivity contribution in [3.05, 3.63) is 29.6 Å². The van der Waals surface area contributed by atoms with E-state index in [0.29, 0.717) is 6.54 Å². The largest absolute Gasteiger partial charge is 0.444 e. The maximum absolute atomic E-state index is 14.0. The number of amides is 1. The van der Waals surface area contributed by atoms with Crippen molar-refractivity contribution in [3.8, 4) is 0 Å². The monoisotopic (exact) mass is 441 g/mol. The zero-order chi connectivity index (χ0) is 22.7. The molecule has 2 N–H and O–H groups in total. The van der Waals surface area contributed by atoms with Crippen molar-refractivity contribution in [2.75, 3.05) is 24.5 Å². The lowest BCUT2D eigenvalue weighted by Crippen LogP contribution is -2.36. The van der Waals surface area contributed by atoms with E-state index in [1.807, 2.05) is 48.5 Å². The first-order valence-electron chi connectivity index (χ1n) is 10.5. The molecule has 3 atom stereocenters.